The van der Waals surface area contributed by atoms with Gasteiger partial charge < -0.3 is 9.57 Å². The summed E-state index contributed by atoms with van der Waals surface area (Å²) in [6.45, 7) is 5.14. The van der Waals surface area contributed by atoms with Crippen LogP contribution >= 0.6 is 23.6 Å². The van der Waals surface area contributed by atoms with Gasteiger partial charge in [-0.05, 0) is 19.1 Å². The average molecular weight is 327 g/mol. The Morgan fingerprint density at radius 1 is 1.65 bits per heavy atom. The zero-order valence-corrected chi connectivity index (χ0v) is 12.1. The maximum absolute atomic E-state index is 12.0. The molecule has 0 aliphatic rings. The maximum Gasteiger partial charge on any atom is 0.490 e. The predicted octanol–water partition coefficient (Wildman–Crippen LogP) is 3.07. The number of nitrogens with zero attached hydrogens (tertiary/aromatic N) is 1. The number of aromatic nitrogens is 1. The molecule has 20 heavy (non-hydrogen) atoms. The number of halogens is 3. The molecule has 1 heterocycles. The fraction of sp³-hybridized carbons (Fsp3) is 0.455. The molecule has 0 aliphatic heterocycles. The molecule has 1 aromatic rings. The number of esters is 1. The molecule has 1 atom stereocenters. The van der Waals surface area contributed by atoms with Crippen LogP contribution in [0.3, 0.4) is 0 Å². The van der Waals surface area contributed by atoms with E-state index in [4.69, 9.17) is 17.1 Å². The first kappa shape index (κ1) is 16.7. The van der Waals surface area contributed by atoms with Gasteiger partial charge in [-0.15, -0.1) is 11.3 Å². The van der Waals surface area contributed by atoms with Crippen molar-refractivity contribution in [3.8, 4) is 0 Å². The first-order chi connectivity index (χ1) is 9.25. The van der Waals surface area contributed by atoms with Crippen molar-refractivity contribution in [1.82, 2.24) is 4.73 Å². The van der Waals surface area contributed by atoms with Gasteiger partial charge in [0.1, 0.15) is 12.7 Å². The van der Waals surface area contributed by atoms with E-state index >= 15 is 0 Å². The molecular weight excluding hydrogens is 315 g/mol. The van der Waals surface area contributed by atoms with Gasteiger partial charge in [-0.25, -0.2) is 4.79 Å². The minimum absolute atomic E-state index is 0.0354. The van der Waals surface area contributed by atoms with Crippen LogP contribution in [0.5, 0.6) is 0 Å². The van der Waals surface area contributed by atoms with Crippen LogP contribution < -0.4 is 4.84 Å². The lowest BCUT2D eigenvalue weighted by Gasteiger charge is -2.16. The van der Waals surface area contributed by atoms with Crippen molar-refractivity contribution >= 4 is 29.5 Å². The minimum atomic E-state index is -5.02. The maximum atomic E-state index is 12.0. The van der Waals surface area contributed by atoms with Gasteiger partial charge in [0.15, 0.2) is 3.95 Å². The van der Waals surface area contributed by atoms with Gasteiger partial charge in [-0.3, -0.25) is 0 Å². The number of aryl methyl sites for hydroxylation is 1. The molecule has 112 valence electrons. The Morgan fingerprint density at radius 3 is 2.75 bits per heavy atom. The number of thiazole rings is 1. The molecule has 0 spiro atoms. The van der Waals surface area contributed by atoms with Crippen LogP contribution in [0.4, 0.5) is 13.2 Å². The highest BCUT2D eigenvalue weighted by atomic mass is 32.1. The summed E-state index contributed by atoms with van der Waals surface area (Å²) in [7, 11) is 0. The Balaban J connectivity index is 2.49. The van der Waals surface area contributed by atoms with Crippen LogP contribution in [0.15, 0.2) is 18.0 Å². The highest BCUT2D eigenvalue weighted by Gasteiger charge is 2.41. The molecule has 0 radical (unpaired) electrons. The summed E-state index contributed by atoms with van der Waals surface area (Å²) in [5.41, 5.74) is 0.780. The molecule has 1 aromatic heterocycles. The number of ether oxygens (including phenoxy) is 1. The van der Waals surface area contributed by atoms with Crippen LogP contribution in [-0.2, 0) is 9.53 Å². The number of rotatable bonds is 6. The summed E-state index contributed by atoms with van der Waals surface area (Å²) in [4.78, 5) is 16.0. The second kappa shape index (κ2) is 6.89. The van der Waals surface area contributed by atoms with E-state index in [2.05, 4.69) is 11.3 Å². The summed E-state index contributed by atoms with van der Waals surface area (Å²) in [5, 5.41) is 1.79. The third-order valence-electron chi connectivity index (χ3n) is 2.19. The first-order valence-corrected chi connectivity index (χ1v) is 6.75. The zero-order chi connectivity index (χ0) is 15.3. The molecule has 9 heteroatoms. The lowest BCUT2D eigenvalue weighted by atomic mass is 10.2. The largest absolute Gasteiger partial charge is 0.490 e. The lowest BCUT2D eigenvalue weighted by Crippen LogP contribution is -2.30. The Bertz CT molecular complexity index is 536. The Hall–Kier alpha value is -1.35. The quantitative estimate of drug-likeness (QED) is 0.457. The fourth-order valence-electron chi connectivity index (χ4n) is 1.22. The average Bonchev–Trinajstić information content (AvgIpc) is 2.67. The lowest BCUT2D eigenvalue weighted by molar-refractivity contribution is -0.203. The van der Waals surface area contributed by atoms with E-state index in [9.17, 15) is 18.0 Å². The van der Waals surface area contributed by atoms with Gasteiger partial charge in [0.2, 0.25) is 0 Å². The molecule has 0 saturated heterocycles. The van der Waals surface area contributed by atoms with Crippen molar-refractivity contribution < 1.29 is 27.5 Å². The molecular formula is C11H12F3NO3S2. The molecule has 0 N–H and O–H groups in total. The molecule has 4 nitrogen and oxygen atoms in total. The van der Waals surface area contributed by atoms with Crippen molar-refractivity contribution in [1.29, 1.82) is 0 Å². The predicted molar refractivity (Wildman–Crippen MR) is 70.1 cm³/mol. The van der Waals surface area contributed by atoms with Crippen molar-refractivity contribution in [2.45, 2.75) is 25.6 Å². The summed E-state index contributed by atoms with van der Waals surface area (Å²) in [6.07, 6.45) is -4.93. The summed E-state index contributed by atoms with van der Waals surface area (Å²) in [6, 6.07) is 0. The van der Waals surface area contributed by atoms with E-state index < -0.39 is 18.2 Å². The topological polar surface area (TPSA) is 40.5 Å². The van der Waals surface area contributed by atoms with E-state index in [1.165, 1.54) is 16.1 Å². The number of hydrogen-bond acceptors (Lipinski definition) is 5. The number of carbonyl (C=O) groups is 1. The van der Waals surface area contributed by atoms with E-state index in [-0.39, 0.29) is 13.0 Å². The fourth-order valence-corrected chi connectivity index (χ4v) is 2.22. The highest BCUT2D eigenvalue weighted by Crippen LogP contribution is 2.18. The van der Waals surface area contributed by atoms with Gasteiger partial charge in [0.25, 0.3) is 0 Å². The van der Waals surface area contributed by atoms with Gasteiger partial charge in [-0.1, -0.05) is 12.7 Å². The molecule has 0 fully saturated rings. The molecule has 1 unspecified atom stereocenters. The van der Waals surface area contributed by atoms with Crippen LogP contribution in [0.2, 0.25) is 0 Å². The van der Waals surface area contributed by atoms with E-state index in [1.807, 2.05) is 0 Å². The standard InChI is InChI=1S/C11H12F3NO3S2/c1-3-8(18-9(16)11(12,13)14)4-5-17-15-7(2)6-20-10(15)19/h3,6,8H,1,4-5H2,2H3. The van der Waals surface area contributed by atoms with Gasteiger partial charge in [-0.2, -0.15) is 17.9 Å². The monoisotopic (exact) mass is 327 g/mol. The zero-order valence-electron chi connectivity index (χ0n) is 10.5. The molecule has 0 saturated carbocycles. The summed E-state index contributed by atoms with van der Waals surface area (Å²) >= 11 is 6.31. The third kappa shape index (κ3) is 4.64. The summed E-state index contributed by atoms with van der Waals surface area (Å²) in [5.74, 6) is -2.24. The van der Waals surface area contributed by atoms with Crippen LogP contribution in [0, 0.1) is 10.9 Å². The molecule has 0 aliphatic carbocycles. The molecule has 0 aromatic carbocycles. The Kier molecular flexibility index (Phi) is 5.75. The second-order valence-corrected chi connectivity index (χ2v) is 5.24. The Labute approximate surface area is 122 Å². The third-order valence-corrected chi connectivity index (χ3v) is 3.47. The van der Waals surface area contributed by atoms with Crippen molar-refractivity contribution in [2.75, 3.05) is 6.61 Å². The van der Waals surface area contributed by atoms with Crippen LogP contribution in [0.1, 0.15) is 12.1 Å². The minimum Gasteiger partial charge on any atom is -0.451 e. The van der Waals surface area contributed by atoms with Crippen molar-refractivity contribution in [2.24, 2.45) is 0 Å². The van der Waals surface area contributed by atoms with Crippen molar-refractivity contribution in [3.63, 3.8) is 0 Å². The molecule has 1 rings (SSSR count). The van der Waals surface area contributed by atoms with Crippen LogP contribution in [0.25, 0.3) is 0 Å². The van der Waals surface area contributed by atoms with E-state index in [0.29, 0.717) is 3.95 Å². The van der Waals surface area contributed by atoms with E-state index in [1.54, 1.807) is 12.3 Å². The first-order valence-electron chi connectivity index (χ1n) is 5.46. The normalized spacial score (nSPS) is 12.8. The van der Waals surface area contributed by atoms with Gasteiger partial charge >= 0.3 is 12.1 Å². The number of carbonyl (C=O) groups excluding carboxylic acids is 1. The second-order valence-electron chi connectivity index (χ2n) is 3.74. The smallest absolute Gasteiger partial charge is 0.451 e. The highest BCUT2D eigenvalue weighted by molar-refractivity contribution is 7.73. The number of alkyl halides is 3. The summed E-state index contributed by atoms with van der Waals surface area (Å²) < 4.78 is 42.3. The van der Waals surface area contributed by atoms with E-state index in [0.717, 1.165) is 11.8 Å². The number of hydrogen-bond donors (Lipinski definition) is 0. The molecule has 0 bridgehead atoms. The van der Waals surface area contributed by atoms with Crippen LogP contribution in [-0.4, -0.2) is 29.6 Å². The van der Waals surface area contributed by atoms with Crippen molar-refractivity contribution in [3.05, 3.63) is 27.7 Å². The van der Waals surface area contributed by atoms with Gasteiger partial charge in [0, 0.05) is 11.8 Å². The Morgan fingerprint density at radius 2 is 2.30 bits per heavy atom. The SMILES string of the molecule is C=CC(CCOn1c(C)csc1=S)OC(=O)C(F)(F)F. The molecule has 0 amide bonds. The van der Waals surface area contributed by atoms with Gasteiger partial charge in [0.05, 0.1) is 5.69 Å².